The lowest BCUT2D eigenvalue weighted by molar-refractivity contribution is 0.814. The minimum atomic E-state index is 1.17. The maximum Gasteiger partial charge on any atom is -0.0346 e. The molecule has 0 nitrogen and oxygen atoms in total. The number of hydrogen-bond donors (Lipinski definition) is 0. The van der Waals surface area contributed by atoms with Crippen molar-refractivity contribution in [3.8, 4) is 0 Å². The second-order valence-electron chi connectivity index (χ2n) is 3.36. The zero-order chi connectivity index (χ0) is 9.40. The predicted molar refractivity (Wildman–Crippen MR) is 57.3 cm³/mol. The standard InChI is InChI=1S/C12H22/c1-5-7-8-9-10-12(4)11(3)6-2/h9-10H,5-8H2,1-4H3/b10-9-,12-11-. The first-order valence-electron chi connectivity index (χ1n) is 5.05. The van der Waals surface area contributed by atoms with Gasteiger partial charge in [0.15, 0.2) is 0 Å². The van der Waals surface area contributed by atoms with E-state index < -0.39 is 0 Å². The summed E-state index contributed by atoms with van der Waals surface area (Å²) in [4.78, 5) is 0. The quantitative estimate of drug-likeness (QED) is 0.417. The predicted octanol–water partition coefficient (Wildman–Crippen LogP) is 4.48. The van der Waals surface area contributed by atoms with Crippen molar-refractivity contribution in [2.45, 2.75) is 53.4 Å². The Balaban J connectivity index is 3.82. The van der Waals surface area contributed by atoms with Gasteiger partial charge in [0, 0.05) is 0 Å². The second kappa shape index (κ2) is 7.15. The molecule has 0 N–H and O–H groups in total. The molecule has 0 aliphatic heterocycles. The van der Waals surface area contributed by atoms with Gasteiger partial charge in [-0.3, -0.25) is 0 Å². The van der Waals surface area contributed by atoms with Crippen LogP contribution in [0.1, 0.15) is 53.4 Å². The van der Waals surface area contributed by atoms with Gasteiger partial charge >= 0.3 is 0 Å². The Morgan fingerprint density at radius 2 is 1.83 bits per heavy atom. The fourth-order valence-corrected chi connectivity index (χ4v) is 1.00. The maximum atomic E-state index is 2.29. The molecule has 0 aliphatic rings. The Hall–Kier alpha value is -0.520. The highest BCUT2D eigenvalue weighted by molar-refractivity contribution is 5.21. The number of allylic oxidation sites excluding steroid dienone is 4. The van der Waals surface area contributed by atoms with Crippen LogP contribution in [0.2, 0.25) is 0 Å². The SMILES string of the molecule is CCCC/C=C\C(C)=C(\C)CC. The number of hydrogen-bond acceptors (Lipinski definition) is 0. The van der Waals surface area contributed by atoms with Crippen LogP contribution in [-0.2, 0) is 0 Å². The van der Waals surface area contributed by atoms with Gasteiger partial charge in [-0.05, 0) is 26.7 Å². The van der Waals surface area contributed by atoms with Crippen LogP contribution >= 0.6 is 0 Å². The molecular formula is C12H22. The van der Waals surface area contributed by atoms with Crippen molar-refractivity contribution in [1.82, 2.24) is 0 Å². The summed E-state index contributed by atoms with van der Waals surface area (Å²) in [5, 5.41) is 0. The van der Waals surface area contributed by atoms with Crippen LogP contribution in [0.5, 0.6) is 0 Å². The minimum Gasteiger partial charge on any atom is -0.0843 e. The molecule has 0 atom stereocenters. The summed E-state index contributed by atoms with van der Waals surface area (Å²) in [5.74, 6) is 0. The molecule has 0 heteroatoms. The zero-order valence-corrected chi connectivity index (χ0v) is 8.98. The molecule has 0 aromatic carbocycles. The molecule has 0 amide bonds. The van der Waals surface area contributed by atoms with Gasteiger partial charge in [-0.15, -0.1) is 0 Å². The van der Waals surface area contributed by atoms with Crippen molar-refractivity contribution in [2.75, 3.05) is 0 Å². The van der Waals surface area contributed by atoms with Crippen LogP contribution in [0.15, 0.2) is 23.3 Å². The zero-order valence-electron chi connectivity index (χ0n) is 8.98. The van der Waals surface area contributed by atoms with E-state index in [1.165, 1.54) is 36.8 Å². The van der Waals surface area contributed by atoms with E-state index in [2.05, 4.69) is 39.8 Å². The van der Waals surface area contributed by atoms with Gasteiger partial charge in [0.2, 0.25) is 0 Å². The summed E-state index contributed by atoms with van der Waals surface area (Å²) in [5.41, 5.74) is 2.94. The van der Waals surface area contributed by atoms with Crippen molar-refractivity contribution in [3.05, 3.63) is 23.3 Å². The molecule has 0 rings (SSSR count). The summed E-state index contributed by atoms with van der Waals surface area (Å²) < 4.78 is 0. The Morgan fingerprint density at radius 3 is 2.33 bits per heavy atom. The topological polar surface area (TPSA) is 0 Å². The molecule has 0 fully saturated rings. The Morgan fingerprint density at radius 1 is 1.17 bits per heavy atom. The smallest absolute Gasteiger partial charge is 0.0346 e. The Labute approximate surface area is 77.4 Å². The first kappa shape index (κ1) is 11.5. The Bertz CT molecular complexity index is 161. The molecule has 0 unspecified atom stereocenters. The largest absolute Gasteiger partial charge is 0.0843 e. The van der Waals surface area contributed by atoms with E-state index >= 15 is 0 Å². The van der Waals surface area contributed by atoms with E-state index in [0.717, 1.165) is 0 Å². The van der Waals surface area contributed by atoms with E-state index in [1.807, 2.05) is 0 Å². The van der Waals surface area contributed by atoms with Crippen LogP contribution in [0.25, 0.3) is 0 Å². The van der Waals surface area contributed by atoms with E-state index in [0.29, 0.717) is 0 Å². The lowest BCUT2D eigenvalue weighted by atomic mass is 10.1. The molecule has 0 bridgehead atoms. The molecule has 70 valence electrons. The maximum absolute atomic E-state index is 2.29. The number of unbranched alkanes of at least 4 members (excludes halogenated alkanes) is 2. The van der Waals surface area contributed by atoms with E-state index in [4.69, 9.17) is 0 Å². The molecule has 0 aromatic heterocycles. The summed E-state index contributed by atoms with van der Waals surface area (Å²) in [6, 6.07) is 0. The third-order valence-electron chi connectivity index (χ3n) is 2.30. The average Bonchev–Trinajstić information content (AvgIpc) is 2.10. The highest BCUT2D eigenvalue weighted by Crippen LogP contribution is 2.09. The molecular weight excluding hydrogens is 144 g/mol. The molecule has 12 heavy (non-hydrogen) atoms. The van der Waals surface area contributed by atoms with Gasteiger partial charge < -0.3 is 0 Å². The van der Waals surface area contributed by atoms with Crippen molar-refractivity contribution in [1.29, 1.82) is 0 Å². The van der Waals surface area contributed by atoms with Crippen molar-refractivity contribution >= 4 is 0 Å². The molecule has 0 spiro atoms. The molecule has 0 heterocycles. The van der Waals surface area contributed by atoms with Crippen molar-refractivity contribution in [2.24, 2.45) is 0 Å². The molecule has 0 radical (unpaired) electrons. The lowest BCUT2D eigenvalue weighted by Crippen LogP contribution is -1.78. The third-order valence-corrected chi connectivity index (χ3v) is 2.30. The van der Waals surface area contributed by atoms with Gasteiger partial charge in [0.05, 0.1) is 0 Å². The summed E-state index contributed by atoms with van der Waals surface area (Å²) in [6.45, 7) is 8.84. The monoisotopic (exact) mass is 166 g/mol. The van der Waals surface area contributed by atoms with Crippen LogP contribution < -0.4 is 0 Å². The first-order valence-corrected chi connectivity index (χ1v) is 5.05. The molecule has 0 saturated carbocycles. The fraction of sp³-hybridized carbons (Fsp3) is 0.667. The van der Waals surface area contributed by atoms with Crippen LogP contribution in [0.3, 0.4) is 0 Å². The Kier molecular flexibility index (Phi) is 6.84. The van der Waals surface area contributed by atoms with Gasteiger partial charge in [0.25, 0.3) is 0 Å². The van der Waals surface area contributed by atoms with Crippen molar-refractivity contribution < 1.29 is 0 Å². The summed E-state index contributed by atoms with van der Waals surface area (Å²) >= 11 is 0. The summed E-state index contributed by atoms with van der Waals surface area (Å²) in [7, 11) is 0. The normalized spacial score (nSPS) is 13.7. The van der Waals surface area contributed by atoms with Crippen LogP contribution in [0, 0.1) is 0 Å². The molecule has 0 aliphatic carbocycles. The van der Waals surface area contributed by atoms with Crippen molar-refractivity contribution in [3.63, 3.8) is 0 Å². The second-order valence-corrected chi connectivity index (χ2v) is 3.36. The van der Waals surface area contributed by atoms with E-state index in [1.54, 1.807) is 0 Å². The van der Waals surface area contributed by atoms with E-state index in [-0.39, 0.29) is 0 Å². The number of rotatable bonds is 5. The highest BCUT2D eigenvalue weighted by Gasteiger charge is 1.88. The minimum absolute atomic E-state index is 1.17. The first-order chi connectivity index (χ1) is 5.72. The highest BCUT2D eigenvalue weighted by atomic mass is 13.9. The average molecular weight is 166 g/mol. The fourth-order valence-electron chi connectivity index (χ4n) is 1.00. The van der Waals surface area contributed by atoms with Gasteiger partial charge in [-0.25, -0.2) is 0 Å². The molecule has 0 aromatic rings. The molecule has 0 saturated heterocycles. The van der Waals surface area contributed by atoms with Gasteiger partial charge in [-0.2, -0.15) is 0 Å². The van der Waals surface area contributed by atoms with Gasteiger partial charge in [-0.1, -0.05) is 50.0 Å². The lowest BCUT2D eigenvalue weighted by Gasteiger charge is -1.98. The van der Waals surface area contributed by atoms with Crippen LogP contribution in [0.4, 0.5) is 0 Å². The van der Waals surface area contributed by atoms with Crippen LogP contribution in [-0.4, -0.2) is 0 Å². The van der Waals surface area contributed by atoms with Gasteiger partial charge in [0.1, 0.15) is 0 Å². The third kappa shape index (κ3) is 5.17. The van der Waals surface area contributed by atoms with E-state index in [9.17, 15) is 0 Å². The summed E-state index contributed by atoms with van der Waals surface area (Å²) in [6.07, 6.45) is 9.55.